The van der Waals surface area contributed by atoms with Crippen molar-refractivity contribution >= 4 is 26.7 Å². The summed E-state index contributed by atoms with van der Waals surface area (Å²) in [4.78, 5) is 16.9. The molecule has 1 fully saturated rings. The van der Waals surface area contributed by atoms with Crippen LogP contribution in [0, 0.1) is 0 Å². The Hall–Kier alpha value is -2.91. The molecule has 1 atom stereocenters. The lowest BCUT2D eigenvalue weighted by Crippen LogP contribution is -2.51. The fourth-order valence-corrected chi connectivity index (χ4v) is 4.94. The van der Waals surface area contributed by atoms with Crippen molar-refractivity contribution in [1.82, 2.24) is 14.6 Å². The molecule has 1 aromatic heterocycles. The summed E-state index contributed by atoms with van der Waals surface area (Å²) in [5.41, 5.74) is 2.72. The summed E-state index contributed by atoms with van der Waals surface area (Å²) in [6.45, 7) is -0.112. The number of piperidine rings is 1. The monoisotopic (exact) mass is 459 g/mol. The highest BCUT2D eigenvalue weighted by Gasteiger charge is 2.35. The van der Waals surface area contributed by atoms with Gasteiger partial charge in [-0.05, 0) is 41.5 Å². The Morgan fingerprint density at radius 3 is 2.62 bits per heavy atom. The van der Waals surface area contributed by atoms with Crippen LogP contribution in [0.15, 0.2) is 60.8 Å². The Morgan fingerprint density at radius 1 is 1.09 bits per heavy atom. The molecule has 32 heavy (non-hydrogen) atoms. The molecule has 0 unspecified atom stereocenters. The first kappa shape index (κ1) is 22.3. The van der Waals surface area contributed by atoms with Crippen molar-refractivity contribution in [1.29, 1.82) is 0 Å². The summed E-state index contributed by atoms with van der Waals surface area (Å²) in [5, 5.41) is 4.67. The van der Waals surface area contributed by atoms with E-state index in [1.54, 1.807) is 6.20 Å². The number of aromatic nitrogens is 1. The highest BCUT2D eigenvalue weighted by atomic mass is 32.2. The maximum atomic E-state index is 12.8. The zero-order valence-electron chi connectivity index (χ0n) is 17.2. The average molecular weight is 460 g/mol. The minimum atomic E-state index is -4.64. The predicted octanol–water partition coefficient (Wildman–Crippen LogP) is 3.58. The van der Waals surface area contributed by atoms with Crippen LogP contribution in [0.25, 0.3) is 21.9 Å². The number of carbonyl (C=O) groups excluding carboxylic acids is 1. The number of benzene rings is 2. The molecule has 3 aromatic rings. The number of nitrogens with one attached hydrogen (secondary N) is 1. The molecular formula is C23H23F2N3O3S. The third kappa shape index (κ3) is 4.94. The van der Waals surface area contributed by atoms with Crippen LogP contribution in [0.3, 0.4) is 0 Å². The first-order valence-electron chi connectivity index (χ1n) is 10.3. The molecule has 168 valence electrons. The van der Waals surface area contributed by atoms with Crippen LogP contribution in [-0.4, -0.2) is 48.5 Å². The largest absolute Gasteiger partial charge is 0.352 e. The van der Waals surface area contributed by atoms with Gasteiger partial charge >= 0.3 is 5.76 Å². The van der Waals surface area contributed by atoms with Crippen molar-refractivity contribution in [3.05, 3.63) is 66.5 Å². The van der Waals surface area contributed by atoms with Crippen LogP contribution in [0.2, 0.25) is 0 Å². The molecule has 1 aliphatic heterocycles. The van der Waals surface area contributed by atoms with Crippen molar-refractivity contribution in [3.63, 3.8) is 0 Å². The zero-order chi connectivity index (χ0) is 22.7. The second-order valence-electron chi connectivity index (χ2n) is 7.85. The Labute approximate surface area is 185 Å². The maximum Gasteiger partial charge on any atom is 0.350 e. The van der Waals surface area contributed by atoms with Crippen LogP contribution in [-0.2, 0) is 21.2 Å². The number of hydrogen-bond donors (Lipinski definition) is 1. The van der Waals surface area contributed by atoms with Gasteiger partial charge in [-0.1, -0.05) is 42.5 Å². The molecule has 2 aromatic carbocycles. The predicted molar refractivity (Wildman–Crippen MR) is 119 cm³/mol. The van der Waals surface area contributed by atoms with Gasteiger partial charge in [0.2, 0.25) is 5.91 Å². The van der Waals surface area contributed by atoms with E-state index in [-0.39, 0.29) is 25.4 Å². The second-order valence-corrected chi connectivity index (χ2v) is 9.75. The smallest absolute Gasteiger partial charge is 0.350 e. The molecule has 0 bridgehead atoms. The number of halogens is 2. The van der Waals surface area contributed by atoms with E-state index < -0.39 is 21.8 Å². The van der Waals surface area contributed by atoms with Gasteiger partial charge < -0.3 is 5.32 Å². The van der Waals surface area contributed by atoms with Gasteiger partial charge in [0.25, 0.3) is 10.0 Å². The number of carbonyl (C=O) groups is 1. The maximum absolute atomic E-state index is 12.8. The lowest BCUT2D eigenvalue weighted by atomic mass is 10.0. The molecule has 2 heterocycles. The van der Waals surface area contributed by atoms with Gasteiger partial charge in [-0.25, -0.2) is 8.42 Å². The highest BCUT2D eigenvalue weighted by molar-refractivity contribution is 7.89. The number of alkyl halides is 2. The molecule has 0 spiro atoms. The van der Waals surface area contributed by atoms with E-state index in [1.807, 2.05) is 54.6 Å². The number of amides is 1. The van der Waals surface area contributed by atoms with Crippen molar-refractivity contribution in [2.24, 2.45) is 0 Å². The van der Waals surface area contributed by atoms with E-state index >= 15 is 0 Å². The van der Waals surface area contributed by atoms with Gasteiger partial charge in [0.05, 0.1) is 12.1 Å². The third-order valence-electron chi connectivity index (χ3n) is 5.56. The molecule has 0 aliphatic carbocycles. The second kappa shape index (κ2) is 9.30. The van der Waals surface area contributed by atoms with E-state index in [0.717, 1.165) is 26.2 Å². The first-order valence-corrected chi connectivity index (χ1v) is 11.8. The Morgan fingerprint density at radius 2 is 1.88 bits per heavy atom. The number of sulfonamides is 1. The van der Waals surface area contributed by atoms with E-state index in [4.69, 9.17) is 0 Å². The molecule has 6 nitrogen and oxygen atoms in total. The van der Waals surface area contributed by atoms with Crippen molar-refractivity contribution in [2.75, 3.05) is 13.1 Å². The van der Waals surface area contributed by atoms with Crippen molar-refractivity contribution < 1.29 is 22.0 Å². The van der Waals surface area contributed by atoms with Crippen LogP contribution in [0.5, 0.6) is 0 Å². The average Bonchev–Trinajstić information content (AvgIpc) is 2.79. The van der Waals surface area contributed by atoms with E-state index in [1.165, 1.54) is 0 Å². The topological polar surface area (TPSA) is 79.4 Å². The number of hydrogen-bond acceptors (Lipinski definition) is 4. The summed E-state index contributed by atoms with van der Waals surface area (Å²) in [6.07, 6.45) is 2.67. The fourth-order valence-electron chi connectivity index (χ4n) is 3.94. The number of rotatable bonds is 6. The van der Waals surface area contributed by atoms with Gasteiger partial charge in [0, 0.05) is 30.7 Å². The lowest BCUT2D eigenvalue weighted by Gasteiger charge is -2.32. The van der Waals surface area contributed by atoms with Gasteiger partial charge in [-0.2, -0.15) is 13.1 Å². The summed E-state index contributed by atoms with van der Waals surface area (Å²) < 4.78 is 49.8. The van der Waals surface area contributed by atoms with E-state index in [0.29, 0.717) is 18.5 Å². The molecule has 9 heteroatoms. The summed E-state index contributed by atoms with van der Waals surface area (Å²) in [5.74, 6) is -3.78. The minimum absolute atomic E-state index is 0.0175. The van der Waals surface area contributed by atoms with Gasteiger partial charge in [-0.3, -0.25) is 9.78 Å². The Kier molecular flexibility index (Phi) is 6.48. The van der Waals surface area contributed by atoms with Crippen LogP contribution >= 0.6 is 0 Å². The van der Waals surface area contributed by atoms with E-state index in [2.05, 4.69) is 10.3 Å². The lowest BCUT2D eigenvalue weighted by molar-refractivity contribution is -0.121. The molecule has 0 saturated carbocycles. The number of fused-ring (bicyclic) bond motifs is 1. The minimum Gasteiger partial charge on any atom is -0.352 e. The molecule has 1 amide bonds. The highest BCUT2D eigenvalue weighted by Crippen LogP contribution is 2.24. The van der Waals surface area contributed by atoms with Crippen LogP contribution in [0.1, 0.15) is 18.5 Å². The van der Waals surface area contributed by atoms with E-state index in [9.17, 15) is 22.0 Å². The molecular weight excluding hydrogens is 436 g/mol. The standard InChI is InChI=1S/C23H23F2N3O3S/c24-23(25)32(30,31)28-10-4-7-20(15-28)27-22(29)13-21-12-19-11-17(8-9-18(19)14-26-21)16-5-2-1-3-6-16/h1-3,5-6,8-9,11-12,14,20,23H,4,7,10,13,15H2,(H,27,29)/t20-/m1/s1. The third-order valence-corrected chi connectivity index (χ3v) is 7.06. The Bertz CT molecular complexity index is 1220. The SMILES string of the molecule is O=C(Cc1cc2cc(-c3ccccc3)ccc2cn1)N[C@@H]1CCCN(S(=O)(=O)C(F)F)C1. The number of nitrogens with zero attached hydrogens (tertiary/aromatic N) is 2. The number of pyridine rings is 1. The molecule has 4 rings (SSSR count). The molecule has 1 saturated heterocycles. The summed E-state index contributed by atoms with van der Waals surface area (Å²) >= 11 is 0. The van der Waals surface area contributed by atoms with Gasteiger partial charge in [0.15, 0.2) is 0 Å². The van der Waals surface area contributed by atoms with Crippen molar-refractivity contribution in [3.8, 4) is 11.1 Å². The summed E-state index contributed by atoms with van der Waals surface area (Å²) in [6, 6.07) is 17.4. The van der Waals surface area contributed by atoms with Crippen LogP contribution in [0.4, 0.5) is 8.78 Å². The van der Waals surface area contributed by atoms with Gasteiger partial charge in [-0.15, -0.1) is 0 Å². The normalized spacial score (nSPS) is 17.5. The van der Waals surface area contributed by atoms with Crippen molar-refractivity contribution in [2.45, 2.75) is 31.1 Å². The van der Waals surface area contributed by atoms with Gasteiger partial charge in [0.1, 0.15) is 0 Å². The zero-order valence-corrected chi connectivity index (χ0v) is 18.1. The van der Waals surface area contributed by atoms with Crippen LogP contribution < -0.4 is 5.32 Å². The fraction of sp³-hybridized carbons (Fsp3) is 0.304. The summed E-state index contributed by atoms with van der Waals surface area (Å²) in [7, 11) is -4.64. The first-order chi connectivity index (χ1) is 15.3. The molecule has 1 aliphatic rings. The quantitative estimate of drug-likeness (QED) is 0.611. The molecule has 1 N–H and O–H groups in total. The molecule has 0 radical (unpaired) electrons. The Balaban J connectivity index is 1.44.